The minimum atomic E-state index is 0.319. The second kappa shape index (κ2) is 3.17. The van der Waals surface area contributed by atoms with Gasteiger partial charge in [-0.05, 0) is 27.2 Å². The van der Waals surface area contributed by atoms with Crippen molar-refractivity contribution in [3.63, 3.8) is 0 Å². The maximum Gasteiger partial charge on any atom is 0.159 e. The monoisotopic (exact) mass is 168 g/mol. The van der Waals surface area contributed by atoms with Crippen LogP contribution in [0.2, 0.25) is 0 Å². The highest BCUT2D eigenvalue weighted by Gasteiger charge is 2.13. The van der Waals surface area contributed by atoms with E-state index in [0.717, 1.165) is 17.8 Å². The molecule has 1 rings (SSSR count). The van der Waals surface area contributed by atoms with E-state index in [0.29, 0.717) is 11.8 Å². The molecule has 0 saturated carbocycles. The molecule has 0 amide bonds. The molecule has 0 aliphatic carbocycles. The zero-order chi connectivity index (χ0) is 9.30. The van der Waals surface area contributed by atoms with Gasteiger partial charge in [0.2, 0.25) is 0 Å². The van der Waals surface area contributed by atoms with Gasteiger partial charge in [-0.3, -0.25) is 4.68 Å². The number of hydrogen-bond acceptors (Lipinski definition) is 2. The Bertz CT molecular complexity index is 276. The second-order valence-electron chi connectivity index (χ2n) is 3.27. The van der Waals surface area contributed by atoms with Crippen molar-refractivity contribution in [3.8, 4) is 5.75 Å². The molecule has 3 heteroatoms. The molecule has 68 valence electrons. The molecule has 0 saturated heterocycles. The molecule has 0 aliphatic rings. The molecule has 0 aliphatic heterocycles. The van der Waals surface area contributed by atoms with Gasteiger partial charge in [-0.2, -0.15) is 5.10 Å². The van der Waals surface area contributed by atoms with Crippen molar-refractivity contribution in [1.82, 2.24) is 9.78 Å². The smallest absolute Gasteiger partial charge is 0.159 e. The molecule has 1 aromatic rings. The van der Waals surface area contributed by atoms with Gasteiger partial charge in [0.1, 0.15) is 5.69 Å². The van der Waals surface area contributed by atoms with Gasteiger partial charge in [0.05, 0.1) is 5.69 Å². The Balaban J connectivity index is 3.20. The van der Waals surface area contributed by atoms with Crippen molar-refractivity contribution in [2.75, 3.05) is 0 Å². The zero-order valence-electron chi connectivity index (χ0n) is 8.13. The molecule has 0 bridgehead atoms. The van der Waals surface area contributed by atoms with Gasteiger partial charge in [0.25, 0.3) is 0 Å². The van der Waals surface area contributed by atoms with Crippen LogP contribution in [-0.2, 0) is 6.42 Å². The lowest BCUT2D eigenvalue weighted by molar-refractivity contribution is 0.454. The minimum Gasteiger partial charge on any atom is -0.504 e. The fourth-order valence-corrected chi connectivity index (χ4v) is 1.34. The number of aromatic nitrogens is 2. The highest BCUT2D eigenvalue weighted by atomic mass is 16.3. The van der Waals surface area contributed by atoms with E-state index < -0.39 is 0 Å². The summed E-state index contributed by atoms with van der Waals surface area (Å²) in [4.78, 5) is 0. The van der Waals surface area contributed by atoms with Gasteiger partial charge in [-0.15, -0.1) is 0 Å². The molecule has 1 N–H and O–H groups in total. The number of aryl methyl sites for hydroxylation is 1. The van der Waals surface area contributed by atoms with Crippen molar-refractivity contribution >= 4 is 0 Å². The second-order valence-corrected chi connectivity index (χ2v) is 3.27. The summed E-state index contributed by atoms with van der Waals surface area (Å²) in [5, 5.41) is 13.8. The zero-order valence-corrected chi connectivity index (χ0v) is 8.13. The van der Waals surface area contributed by atoms with E-state index in [1.165, 1.54) is 0 Å². The van der Waals surface area contributed by atoms with E-state index in [-0.39, 0.29) is 0 Å². The Morgan fingerprint density at radius 3 is 2.42 bits per heavy atom. The third-order valence-electron chi connectivity index (χ3n) is 1.97. The Kier molecular flexibility index (Phi) is 2.40. The minimum absolute atomic E-state index is 0.319. The van der Waals surface area contributed by atoms with Gasteiger partial charge in [-0.25, -0.2) is 0 Å². The Morgan fingerprint density at radius 1 is 1.50 bits per heavy atom. The quantitative estimate of drug-likeness (QED) is 0.733. The van der Waals surface area contributed by atoms with Crippen molar-refractivity contribution in [2.24, 2.45) is 0 Å². The molecule has 0 unspecified atom stereocenters. The molecular weight excluding hydrogens is 152 g/mol. The van der Waals surface area contributed by atoms with Gasteiger partial charge in [0, 0.05) is 6.04 Å². The standard InChI is InChI=1S/C9H16N2O/c1-5-8-9(12)7(4)10-11(8)6(2)3/h6,12H,5H2,1-4H3. The molecule has 0 atom stereocenters. The SMILES string of the molecule is CCc1c(O)c(C)nn1C(C)C. The van der Waals surface area contributed by atoms with Gasteiger partial charge >= 0.3 is 0 Å². The van der Waals surface area contributed by atoms with Crippen LogP contribution in [0.15, 0.2) is 0 Å². The van der Waals surface area contributed by atoms with Crippen LogP contribution in [0.5, 0.6) is 5.75 Å². The van der Waals surface area contributed by atoms with E-state index in [2.05, 4.69) is 18.9 Å². The summed E-state index contributed by atoms with van der Waals surface area (Å²) in [5.41, 5.74) is 1.66. The molecule has 0 spiro atoms. The largest absolute Gasteiger partial charge is 0.504 e. The molecular formula is C9H16N2O. The van der Waals surface area contributed by atoms with Crippen LogP contribution in [0.4, 0.5) is 0 Å². The number of nitrogens with zero attached hydrogens (tertiary/aromatic N) is 2. The lowest BCUT2D eigenvalue weighted by Gasteiger charge is -2.08. The summed E-state index contributed by atoms with van der Waals surface area (Å²) >= 11 is 0. The summed E-state index contributed by atoms with van der Waals surface area (Å²) in [6, 6.07) is 0.319. The lowest BCUT2D eigenvalue weighted by atomic mass is 10.2. The molecule has 1 aromatic heterocycles. The van der Waals surface area contributed by atoms with E-state index in [1.54, 1.807) is 0 Å². The average Bonchev–Trinajstić information content (AvgIpc) is 2.29. The van der Waals surface area contributed by atoms with Gasteiger partial charge in [-0.1, -0.05) is 6.92 Å². The van der Waals surface area contributed by atoms with Crippen molar-refractivity contribution in [3.05, 3.63) is 11.4 Å². The van der Waals surface area contributed by atoms with Gasteiger partial charge < -0.3 is 5.11 Å². The molecule has 0 aromatic carbocycles. The van der Waals surface area contributed by atoms with Gasteiger partial charge in [0.15, 0.2) is 5.75 Å². The van der Waals surface area contributed by atoms with E-state index in [1.807, 2.05) is 18.5 Å². The van der Waals surface area contributed by atoms with Crippen LogP contribution in [0.25, 0.3) is 0 Å². The van der Waals surface area contributed by atoms with Crippen molar-refractivity contribution in [1.29, 1.82) is 0 Å². The summed E-state index contributed by atoms with van der Waals surface area (Å²) in [6.45, 7) is 7.97. The Hall–Kier alpha value is -0.990. The predicted molar refractivity (Wildman–Crippen MR) is 48.4 cm³/mol. The first-order chi connectivity index (χ1) is 5.57. The topological polar surface area (TPSA) is 38.1 Å². The number of hydrogen-bond donors (Lipinski definition) is 1. The fraction of sp³-hybridized carbons (Fsp3) is 0.667. The summed E-state index contributed by atoms with van der Waals surface area (Å²) in [5.74, 6) is 0.353. The van der Waals surface area contributed by atoms with E-state index in [4.69, 9.17) is 0 Å². The third kappa shape index (κ3) is 1.31. The third-order valence-corrected chi connectivity index (χ3v) is 1.97. The first-order valence-electron chi connectivity index (χ1n) is 4.34. The summed E-state index contributed by atoms with van der Waals surface area (Å²) in [6.07, 6.45) is 0.824. The van der Waals surface area contributed by atoms with Crippen LogP contribution in [0.3, 0.4) is 0 Å². The van der Waals surface area contributed by atoms with Crippen molar-refractivity contribution < 1.29 is 5.11 Å². The molecule has 3 nitrogen and oxygen atoms in total. The van der Waals surface area contributed by atoms with Crippen molar-refractivity contribution in [2.45, 2.75) is 40.2 Å². The first kappa shape index (κ1) is 9.10. The highest BCUT2D eigenvalue weighted by Crippen LogP contribution is 2.24. The van der Waals surface area contributed by atoms with E-state index >= 15 is 0 Å². The summed E-state index contributed by atoms with van der Waals surface area (Å²) < 4.78 is 1.88. The van der Waals surface area contributed by atoms with Crippen LogP contribution in [0, 0.1) is 6.92 Å². The first-order valence-corrected chi connectivity index (χ1v) is 4.34. The normalized spacial score (nSPS) is 11.1. The average molecular weight is 168 g/mol. The predicted octanol–water partition coefficient (Wildman–Crippen LogP) is 2.04. The molecule has 0 fully saturated rings. The Morgan fingerprint density at radius 2 is 2.08 bits per heavy atom. The van der Waals surface area contributed by atoms with Crippen LogP contribution in [0.1, 0.15) is 38.2 Å². The lowest BCUT2D eigenvalue weighted by Crippen LogP contribution is -2.06. The van der Waals surface area contributed by atoms with Crippen LogP contribution in [-0.4, -0.2) is 14.9 Å². The van der Waals surface area contributed by atoms with Crippen LogP contribution >= 0.6 is 0 Å². The highest BCUT2D eigenvalue weighted by molar-refractivity contribution is 5.31. The molecule has 1 heterocycles. The maximum atomic E-state index is 9.58. The summed E-state index contributed by atoms with van der Waals surface area (Å²) in [7, 11) is 0. The molecule has 12 heavy (non-hydrogen) atoms. The van der Waals surface area contributed by atoms with E-state index in [9.17, 15) is 5.11 Å². The fourth-order valence-electron chi connectivity index (χ4n) is 1.34. The Labute approximate surface area is 73.0 Å². The molecule has 0 radical (unpaired) electrons. The number of aromatic hydroxyl groups is 1. The maximum absolute atomic E-state index is 9.58. The van der Waals surface area contributed by atoms with Crippen LogP contribution < -0.4 is 0 Å². The number of rotatable bonds is 2.